The molecule has 15 heavy (non-hydrogen) atoms. The van der Waals surface area contributed by atoms with Gasteiger partial charge in [-0.25, -0.2) is 0 Å². The van der Waals surface area contributed by atoms with Crippen molar-refractivity contribution in [1.82, 2.24) is 10.6 Å². The first-order valence-electron chi connectivity index (χ1n) is 4.81. The zero-order chi connectivity index (χ0) is 11.8. The van der Waals surface area contributed by atoms with Crippen LogP contribution in [0.15, 0.2) is 0 Å². The lowest BCUT2D eigenvalue weighted by Gasteiger charge is -2.20. The molecule has 0 fully saturated rings. The Hall–Kier alpha value is -1.10. The molecular formula is C10H18N2O3. The van der Waals surface area contributed by atoms with Gasteiger partial charge in [0.25, 0.3) is 0 Å². The Bertz CT molecular complexity index is 217. The van der Waals surface area contributed by atoms with Gasteiger partial charge in [0.2, 0.25) is 11.8 Å². The van der Waals surface area contributed by atoms with E-state index in [4.69, 9.17) is 11.7 Å². The number of nitrogens with one attached hydrogen (secondary N) is 2. The van der Waals surface area contributed by atoms with E-state index < -0.39 is 11.9 Å². The number of methoxy groups -OCH3 is 1. The number of amides is 2. The van der Waals surface area contributed by atoms with Crippen LogP contribution in [0, 0.1) is 12.8 Å². The summed E-state index contributed by atoms with van der Waals surface area (Å²) in [6.45, 7) is 9.48. The van der Waals surface area contributed by atoms with Crippen LogP contribution in [-0.4, -0.2) is 38.1 Å². The summed E-state index contributed by atoms with van der Waals surface area (Å²) in [4.78, 5) is 22.2. The van der Waals surface area contributed by atoms with Crippen molar-refractivity contribution >= 4 is 11.8 Å². The molecule has 5 nitrogen and oxygen atoms in total. The summed E-state index contributed by atoms with van der Waals surface area (Å²) in [7, 11) is 1.55. The zero-order valence-electron chi connectivity index (χ0n) is 9.37. The Morgan fingerprint density at radius 1 is 1.40 bits per heavy atom. The second kappa shape index (κ2) is 7.23. The minimum atomic E-state index is -0.699. The molecule has 5 heteroatoms. The predicted molar refractivity (Wildman–Crippen MR) is 56.0 cm³/mol. The SMILES string of the molecule is [CH]C(=O)NC(C(=O)NCCOC)C(C)C. The van der Waals surface area contributed by atoms with E-state index in [2.05, 4.69) is 10.6 Å². The first kappa shape index (κ1) is 13.9. The van der Waals surface area contributed by atoms with Crippen LogP contribution < -0.4 is 10.6 Å². The second-order valence-electron chi connectivity index (χ2n) is 3.51. The van der Waals surface area contributed by atoms with Gasteiger partial charge in [0, 0.05) is 13.7 Å². The van der Waals surface area contributed by atoms with Gasteiger partial charge in [-0.15, -0.1) is 0 Å². The molecule has 0 saturated carbocycles. The van der Waals surface area contributed by atoms with Gasteiger partial charge in [-0.3, -0.25) is 9.59 Å². The normalized spacial score (nSPS) is 12.3. The van der Waals surface area contributed by atoms with E-state index in [0.717, 1.165) is 0 Å². The highest BCUT2D eigenvalue weighted by Crippen LogP contribution is 2.01. The fourth-order valence-corrected chi connectivity index (χ4v) is 1.07. The van der Waals surface area contributed by atoms with Crippen molar-refractivity contribution in [3.05, 3.63) is 6.92 Å². The highest BCUT2D eigenvalue weighted by atomic mass is 16.5. The Balaban J connectivity index is 4.11. The number of carbonyl (C=O) groups excluding carboxylic acids is 2. The molecule has 2 radical (unpaired) electrons. The van der Waals surface area contributed by atoms with Crippen molar-refractivity contribution < 1.29 is 14.3 Å². The fraction of sp³-hybridized carbons (Fsp3) is 0.700. The lowest BCUT2D eigenvalue weighted by Crippen LogP contribution is -2.49. The number of ether oxygens (including phenoxy) is 1. The van der Waals surface area contributed by atoms with Gasteiger partial charge in [-0.1, -0.05) is 13.8 Å². The molecule has 86 valence electrons. The third kappa shape index (κ3) is 6.06. The first-order valence-corrected chi connectivity index (χ1v) is 4.81. The summed E-state index contributed by atoms with van der Waals surface area (Å²) in [5, 5.41) is 5.03. The van der Waals surface area contributed by atoms with Crippen LogP contribution in [0.5, 0.6) is 0 Å². The summed E-state index contributed by atoms with van der Waals surface area (Å²) < 4.78 is 4.79. The number of hydrogen-bond acceptors (Lipinski definition) is 3. The van der Waals surface area contributed by atoms with Crippen LogP contribution in [0.25, 0.3) is 0 Å². The van der Waals surface area contributed by atoms with Crippen molar-refractivity contribution in [3.8, 4) is 0 Å². The highest BCUT2D eigenvalue weighted by Gasteiger charge is 2.22. The average Bonchev–Trinajstić information content (AvgIpc) is 2.13. The molecule has 0 aliphatic carbocycles. The average molecular weight is 214 g/mol. The number of carbonyl (C=O) groups is 2. The molecule has 0 saturated heterocycles. The predicted octanol–water partition coefficient (Wildman–Crippen LogP) is -0.399. The van der Waals surface area contributed by atoms with E-state index >= 15 is 0 Å². The molecule has 0 aliphatic heterocycles. The smallest absolute Gasteiger partial charge is 0.242 e. The molecule has 0 aromatic rings. The fourth-order valence-electron chi connectivity index (χ4n) is 1.07. The van der Waals surface area contributed by atoms with Gasteiger partial charge < -0.3 is 15.4 Å². The van der Waals surface area contributed by atoms with Gasteiger partial charge in [0.1, 0.15) is 6.04 Å². The van der Waals surface area contributed by atoms with Gasteiger partial charge in [-0.05, 0) is 5.92 Å². The van der Waals surface area contributed by atoms with Gasteiger partial charge in [0.15, 0.2) is 0 Å². The molecular weight excluding hydrogens is 196 g/mol. The summed E-state index contributed by atoms with van der Waals surface area (Å²) in [6, 6.07) is -0.598. The second-order valence-corrected chi connectivity index (χ2v) is 3.51. The van der Waals surface area contributed by atoms with E-state index in [0.29, 0.717) is 13.2 Å². The Morgan fingerprint density at radius 3 is 2.40 bits per heavy atom. The summed E-state index contributed by atoms with van der Waals surface area (Å²) in [5.74, 6) is -0.962. The van der Waals surface area contributed by atoms with E-state index in [-0.39, 0.29) is 11.8 Å². The van der Waals surface area contributed by atoms with Crippen molar-refractivity contribution in [2.45, 2.75) is 19.9 Å². The van der Waals surface area contributed by atoms with E-state index in [1.165, 1.54) is 0 Å². The van der Waals surface area contributed by atoms with Gasteiger partial charge in [-0.2, -0.15) is 0 Å². The Kier molecular flexibility index (Phi) is 6.70. The van der Waals surface area contributed by atoms with Gasteiger partial charge in [0.05, 0.1) is 13.5 Å². The quantitative estimate of drug-likeness (QED) is 0.591. The van der Waals surface area contributed by atoms with Crippen LogP contribution in [0.4, 0.5) is 0 Å². The van der Waals surface area contributed by atoms with Gasteiger partial charge >= 0.3 is 0 Å². The summed E-state index contributed by atoms with van der Waals surface area (Å²) >= 11 is 0. The molecule has 0 aromatic heterocycles. The van der Waals surface area contributed by atoms with Crippen LogP contribution in [0.2, 0.25) is 0 Å². The van der Waals surface area contributed by atoms with Crippen molar-refractivity contribution in [1.29, 1.82) is 0 Å². The molecule has 0 aliphatic rings. The third-order valence-corrected chi connectivity index (χ3v) is 1.85. The third-order valence-electron chi connectivity index (χ3n) is 1.85. The molecule has 2 amide bonds. The maximum absolute atomic E-state index is 11.6. The molecule has 0 spiro atoms. The summed E-state index contributed by atoms with van der Waals surface area (Å²) in [5.41, 5.74) is 0. The lowest BCUT2D eigenvalue weighted by atomic mass is 10.0. The van der Waals surface area contributed by atoms with Crippen molar-refractivity contribution in [2.24, 2.45) is 5.92 Å². The van der Waals surface area contributed by atoms with Crippen LogP contribution >= 0.6 is 0 Å². The van der Waals surface area contributed by atoms with Crippen LogP contribution in [0.1, 0.15) is 13.8 Å². The van der Waals surface area contributed by atoms with Crippen molar-refractivity contribution in [2.75, 3.05) is 20.3 Å². The lowest BCUT2D eigenvalue weighted by molar-refractivity contribution is -0.128. The molecule has 0 aromatic carbocycles. The highest BCUT2D eigenvalue weighted by molar-refractivity contribution is 5.89. The van der Waals surface area contributed by atoms with E-state index in [1.54, 1.807) is 7.11 Å². The molecule has 1 unspecified atom stereocenters. The van der Waals surface area contributed by atoms with Crippen LogP contribution in [0.3, 0.4) is 0 Å². The minimum absolute atomic E-state index is 0.0138. The zero-order valence-corrected chi connectivity index (χ0v) is 9.37. The molecule has 2 N–H and O–H groups in total. The number of rotatable bonds is 6. The van der Waals surface area contributed by atoms with Crippen LogP contribution in [-0.2, 0) is 14.3 Å². The molecule has 1 atom stereocenters. The maximum atomic E-state index is 11.6. The van der Waals surface area contributed by atoms with E-state index in [9.17, 15) is 9.59 Å². The first-order chi connectivity index (χ1) is 6.99. The molecule has 0 bridgehead atoms. The van der Waals surface area contributed by atoms with Crippen molar-refractivity contribution in [3.63, 3.8) is 0 Å². The molecule has 0 heterocycles. The topological polar surface area (TPSA) is 67.4 Å². The summed E-state index contributed by atoms with van der Waals surface area (Å²) in [6.07, 6.45) is 0. The Morgan fingerprint density at radius 2 is 2.00 bits per heavy atom. The monoisotopic (exact) mass is 214 g/mol. The minimum Gasteiger partial charge on any atom is -0.383 e. The standard InChI is InChI=1S/C10H18N2O3/c1-7(2)9(12-8(3)13)10(14)11-5-6-15-4/h3,7,9H,5-6H2,1-2,4H3,(H,11,14)(H,12,13). The number of hydrogen-bond donors (Lipinski definition) is 2. The largest absolute Gasteiger partial charge is 0.383 e. The van der Waals surface area contributed by atoms with E-state index in [1.807, 2.05) is 13.8 Å². The maximum Gasteiger partial charge on any atom is 0.242 e. The Labute approximate surface area is 90.6 Å². The molecule has 0 rings (SSSR count).